The first-order valence-corrected chi connectivity index (χ1v) is 8.61. The second-order valence-corrected chi connectivity index (χ2v) is 7.16. The minimum absolute atomic E-state index is 0.0549. The second-order valence-electron chi connectivity index (χ2n) is 6.72. The van der Waals surface area contributed by atoms with Gasteiger partial charge >= 0.3 is 0 Å². The highest BCUT2D eigenvalue weighted by Crippen LogP contribution is 2.24. The van der Waals surface area contributed by atoms with E-state index in [0.29, 0.717) is 23.9 Å². The van der Waals surface area contributed by atoms with E-state index in [1.807, 2.05) is 12.1 Å². The first-order valence-electron chi connectivity index (χ1n) is 8.23. The van der Waals surface area contributed by atoms with Gasteiger partial charge in [0, 0.05) is 5.02 Å². The average molecular weight is 362 g/mol. The van der Waals surface area contributed by atoms with E-state index in [9.17, 15) is 4.79 Å². The lowest BCUT2D eigenvalue weighted by molar-refractivity contribution is -0.123. The first kappa shape index (κ1) is 19.1. The summed E-state index contributed by atoms with van der Waals surface area (Å²) in [7, 11) is 0. The molecular formula is C20H24ClNO3. The third-order valence-corrected chi connectivity index (χ3v) is 3.81. The Morgan fingerprint density at radius 2 is 1.76 bits per heavy atom. The zero-order valence-corrected chi connectivity index (χ0v) is 15.6. The fraction of sp³-hybridized carbons (Fsp3) is 0.350. The second kappa shape index (κ2) is 8.77. The fourth-order valence-electron chi connectivity index (χ4n) is 2.17. The van der Waals surface area contributed by atoms with Crippen LogP contribution in [0.4, 0.5) is 0 Å². The van der Waals surface area contributed by atoms with Gasteiger partial charge in [-0.15, -0.1) is 0 Å². The Morgan fingerprint density at radius 1 is 1.04 bits per heavy atom. The van der Waals surface area contributed by atoms with Gasteiger partial charge in [-0.3, -0.25) is 4.79 Å². The number of ether oxygens (including phenoxy) is 2. The van der Waals surface area contributed by atoms with Crippen LogP contribution in [0.25, 0.3) is 0 Å². The molecule has 0 aliphatic heterocycles. The van der Waals surface area contributed by atoms with Crippen molar-refractivity contribution in [1.29, 1.82) is 0 Å². The number of hydrogen-bond donors (Lipinski definition) is 1. The molecule has 25 heavy (non-hydrogen) atoms. The summed E-state index contributed by atoms with van der Waals surface area (Å²) >= 11 is 5.86. The smallest absolute Gasteiger partial charge is 0.258 e. The number of benzene rings is 2. The number of hydrogen-bond acceptors (Lipinski definition) is 3. The predicted octanol–water partition coefficient (Wildman–Crippen LogP) is 4.21. The van der Waals surface area contributed by atoms with Crippen LogP contribution in [0.3, 0.4) is 0 Å². The molecule has 5 heteroatoms. The van der Waals surface area contributed by atoms with Gasteiger partial charge < -0.3 is 14.8 Å². The maximum absolute atomic E-state index is 11.7. The lowest BCUT2D eigenvalue weighted by Crippen LogP contribution is -2.32. The summed E-state index contributed by atoms with van der Waals surface area (Å²) in [6.45, 7) is 7.27. The average Bonchev–Trinajstić information content (AvgIpc) is 2.57. The molecule has 0 saturated heterocycles. The van der Waals surface area contributed by atoms with Crippen molar-refractivity contribution in [2.45, 2.75) is 26.2 Å². The van der Waals surface area contributed by atoms with Crippen LogP contribution in [0.1, 0.15) is 26.3 Å². The van der Waals surface area contributed by atoms with Crippen LogP contribution < -0.4 is 14.8 Å². The number of halogens is 1. The van der Waals surface area contributed by atoms with Gasteiger partial charge in [-0.25, -0.2) is 0 Å². The largest absolute Gasteiger partial charge is 0.492 e. The van der Waals surface area contributed by atoms with Gasteiger partial charge in [0.15, 0.2) is 6.61 Å². The Kier molecular flexibility index (Phi) is 6.71. The zero-order valence-electron chi connectivity index (χ0n) is 14.8. The molecular weight excluding hydrogens is 338 g/mol. The van der Waals surface area contributed by atoms with Gasteiger partial charge in [0.05, 0.1) is 6.54 Å². The van der Waals surface area contributed by atoms with Gasteiger partial charge in [0.25, 0.3) is 5.91 Å². The van der Waals surface area contributed by atoms with Gasteiger partial charge in [-0.1, -0.05) is 50.6 Å². The zero-order chi connectivity index (χ0) is 18.3. The Morgan fingerprint density at radius 3 is 2.40 bits per heavy atom. The van der Waals surface area contributed by atoms with E-state index in [1.54, 1.807) is 24.3 Å². The third kappa shape index (κ3) is 6.67. The van der Waals surface area contributed by atoms with Gasteiger partial charge in [-0.05, 0) is 41.3 Å². The van der Waals surface area contributed by atoms with Crippen LogP contribution >= 0.6 is 11.6 Å². The molecule has 0 aliphatic rings. The highest BCUT2D eigenvalue weighted by atomic mass is 35.5. The van der Waals surface area contributed by atoms with E-state index in [2.05, 4.69) is 38.2 Å². The molecule has 2 aromatic carbocycles. The molecule has 0 atom stereocenters. The Hall–Kier alpha value is -2.20. The number of rotatable bonds is 7. The molecule has 2 rings (SSSR count). The van der Waals surface area contributed by atoms with Gasteiger partial charge in [0.2, 0.25) is 0 Å². The molecule has 0 heterocycles. The van der Waals surface area contributed by atoms with Crippen molar-refractivity contribution in [3.63, 3.8) is 0 Å². The van der Waals surface area contributed by atoms with Crippen molar-refractivity contribution in [1.82, 2.24) is 5.32 Å². The molecule has 4 nitrogen and oxygen atoms in total. The van der Waals surface area contributed by atoms with E-state index in [0.717, 1.165) is 5.75 Å². The van der Waals surface area contributed by atoms with Crippen molar-refractivity contribution in [3.8, 4) is 11.5 Å². The molecule has 0 fully saturated rings. The molecule has 0 radical (unpaired) electrons. The SMILES string of the molecule is CC(C)(C)c1ccc(OCCNC(=O)COc2cccc(Cl)c2)cc1. The summed E-state index contributed by atoms with van der Waals surface area (Å²) in [5.41, 5.74) is 1.38. The summed E-state index contributed by atoms with van der Waals surface area (Å²) in [4.78, 5) is 11.7. The minimum Gasteiger partial charge on any atom is -0.492 e. The summed E-state index contributed by atoms with van der Waals surface area (Å²) in [6.07, 6.45) is 0. The maximum atomic E-state index is 11.7. The first-order chi connectivity index (χ1) is 11.8. The topological polar surface area (TPSA) is 47.6 Å². The van der Waals surface area contributed by atoms with Crippen LogP contribution in [0.15, 0.2) is 48.5 Å². The molecule has 0 saturated carbocycles. The summed E-state index contributed by atoms with van der Waals surface area (Å²) in [5, 5.41) is 3.32. The highest BCUT2D eigenvalue weighted by molar-refractivity contribution is 6.30. The molecule has 2 aromatic rings. The molecule has 134 valence electrons. The molecule has 0 aliphatic carbocycles. The van der Waals surface area contributed by atoms with Crippen molar-refractivity contribution >= 4 is 17.5 Å². The molecule has 0 bridgehead atoms. The van der Waals surface area contributed by atoms with E-state index in [1.165, 1.54) is 5.56 Å². The lowest BCUT2D eigenvalue weighted by Gasteiger charge is -2.19. The molecule has 1 amide bonds. The molecule has 1 N–H and O–H groups in total. The summed E-state index contributed by atoms with van der Waals surface area (Å²) < 4.78 is 11.0. The van der Waals surface area contributed by atoms with Crippen LogP contribution in [0.5, 0.6) is 11.5 Å². The number of nitrogens with one attached hydrogen (secondary N) is 1. The Bertz CT molecular complexity index is 693. The van der Waals surface area contributed by atoms with E-state index < -0.39 is 0 Å². The van der Waals surface area contributed by atoms with Crippen molar-refractivity contribution in [2.75, 3.05) is 19.8 Å². The monoisotopic (exact) mass is 361 g/mol. The Labute approximate surface area is 154 Å². The molecule has 0 spiro atoms. The maximum Gasteiger partial charge on any atom is 0.258 e. The lowest BCUT2D eigenvalue weighted by atomic mass is 9.87. The summed E-state index contributed by atoms with van der Waals surface area (Å²) in [6, 6.07) is 15.0. The van der Waals surface area contributed by atoms with E-state index >= 15 is 0 Å². The van der Waals surface area contributed by atoms with E-state index in [4.69, 9.17) is 21.1 Å². The quantitative estimate of drug-likeness (QED) is 0.751. The van der Waals surface area contributed by atoms with Gasteiger partial charge in [0.1, 0.15) is 18.1 Å². The molecule has 0 unspecified atom stereocenters. The van der Waals surface area contributed by atoms with Crippen molar-refractivity contribution < 1.29 is 14.3 Å². The van der Waals surface area contributed by atoms with Crippen LogP contribution in [-0.2, 0) is 10.2 Å². The van der Waals surface area contributed by atoms with E-state index in [-0.39, 0.29) is 17.9 Å². The predicted molar refractivity (Wildman–Crippen MR) is 101 cm³/mol. The number of carbonyl (C=O) groups excluding carboxylic acids is 1. The fourth-order valence-corrected chi connectivity index (χ4v) is 2.35. The minimum atomic E-state index is -0.202. The highest BCUT2D eigenvalue weighted by Gasteiger charge is 2.12. The number of carbonyl (C=O) groups is 1. The Balaban J connectivity index is 1.66. The van der Waals surface area contributed by atoms with Crippen molar-refractivity contribution in [3.05, 3.63) is 59.1 Å². The third-order valence-electron chi connectivity index (χ3n) is 3.58. The number of amides is 1. The van der Waals surface area contributed by atoms with Crippen molar-refractivity contribution in [2.24, 2.45) is 0 Å². The van der Waals surface area contributed by atoms with Crippen LogP contribution in [0, 0.1) is 0 Å². The van der Waals surface area contributed by atoms with Gasteiger partial charge in [-0.2, -0.15) is 0 Å². The summed E-state index contributed by atoms with van der Waals surface area (Å²) in [5.74, 6) is 1.15. The molecule has 0 aromatic heterocycles. The normalized spacial score (nSPS) is 11.0. The van der Waals surface area contributed by atoms with Crippen LogP contribution in [0.2, 0.25) is 5.02 Å². The van der Waals surface area contributed by atoms with Crippen LogP contribution in [-0.4, -0.2) is 25.7 Å². The standard InChI is InChI=1S/C20H24ClNO3/c1-20(2,3)15-7-9-17(10-8-15)24-12-11-22-19(23)14-25-18-6-4-5-16(21)13-18/h4-10,13H,11-12,14H2,1-3H3,(H,22,23).